The molecule has 1 aromatic carbocycles. The minimum absolute atomic E-state index is 0.459. The first-order valence-electron chi connectivity index (χ1n) is 7.79. The topological polar surface area (TPSA) is 21.3 Å². The van der Waals surface area contributed by atoms with Crippen molar-refractivity contribution in [1.82, 2.24) is 5.32 Å². The average Bonchev–Trinajstić information content (AvgIpc) is 3.16. The summed E-state index contributed by atoms with van der Waals surface area (Å²) >= 11 is 0. The maximum Gasteiger partial charge on any atom is 0.127 e. The van der Waals surface area contributed by atoms with Crippen molar-refractivity contribution in [3.05, 3.63) is 29.3 Å². The molecule has 1 N–H and O–H groups in total. The quantitative estimate of drug-likeness (QED) is 0.841. The smallest absolute Gasteiger partial charge is 0.127 e. The van der Waals surface area contributed by atoms with Gasteiger partial charge in [0, 0.05) is 18.0 Å². The van der Waals surface area contributed by atoms with E-state index >= 15 is 0 Å². The van der Waals surface area contributed by atoms with Crippen LogP contribution in [-0.4, -0.2) is 13.2 Å². The van der Waals surface area contributed by atoms with Crippen LogP contribution < -0.4 is 10.1 Å². The normalized spacial score (nSPS) is 20.7. The SMILES string of the molecule is CCCNC(c1cccc2c1OCC2)C(C)C1CC1. The summed E-state index contributed by atoms with van der Waals surface area (Å²) < 4.78 is 5.90. The Kier molecular flexibility index (Phi) is 3.79. The van der Waals surface area contributed by atoms with Gasteiger partial charge >= 0.3 is 0 Å². The van der Waals surface area contributed by atoms with Gasteiger partial charge in [0.2, 0.25) is 0 Å². The molecule has 2 nitrogen and oxygen atoms in total. The molecule has 1 aromatic rings. The molecule has 2 heteroatoms. The van der Waals surface area contributed by atoms with Crippen molar-refractivity contribution in [3.8, 4) is 5.75 Å². The van der Waals surface area contributed by atoms with Crippen LogP contribution in [0.25, 0.3) is 0 Å². The van der Waals surface area contributed by atoms with E-state index in [2.05, 4.69) is 37.4 Å². The fourth-order valence-electron chi connectivity index (χ4n) is 3.26. The van der Waals surface area contributed by atoms with Crippen molar-refractivity contribution in [1.29, 1.82) is 0 Å². The Morgan fingerprint density at radius 3 is 2.95 bits per heavy atom. The molecule has 2 aliphatic rings. The third-order valence-corrected chi connectivity index (χ3v) is 4.59. The lowest BCUT2D eigenvalue weighted by atomic mass is 9.89. The Balaban J connectivity index is 1.87. The summed E-state index contributed by atoms with van der Waals surface area (Å²) in [7, 11) is 0. The van der Waals surface area contributed by atoms with Crippen molar-refractivity contribution in [2.75, 3.05) is 13.2 Å². The van der Waals surface area contributed by atoms with Gasteiger partial charge in [-0.25, -0.2) is 0 Å². The van der Waals surface area contributed by atoms with E-state index in [4.69, 9.17) is 4.74 Å². The van der Waals surface area contributed by atoms with Gasteiger partial charge in [0.25, 0.3) is 0 Å². The molecule has 0 spiro atoms. The van der Waals surface area contributed by atoms with Crippen LogP contribution in [-0.2, 0) is 6.42 Å². The van der Waals surface area contributed by atoms with Gasteiger partial charge in [-0.2, -0.15) is 0 Å². The van der Waals surface area contributed by atoms with E-state index in [1.165, 1.54) is 36.1 Å². The van der Waals surface area contributed by atoms with E-state index in [-0.39, 0.29) is 0 Å². The maximum absolute atomic E-state index is 5.90. The Morgan fingerprint density at radius 2 is 2.21 bits per heavy atom. The van der Waals surface area contributed by atoms with Gasteiger partial charge in [-0.3, -0.25) is 0 Å². The number of hydrogen-bond acceptors (Lipinski definition) is 2. The molecule has 1 heterocycles. The molecule has 1 aliphatic heterocycles. The van der Waals surface area contributed by atoms with Crippen molar-refractivity contribution in [3.63, 3.8) is 0 Å². The van der Waals surface area contributed by atoms with Crippen LogP contribution in [0.4, 0.5) is 0 Å². The molecule has 104 valence electrons. The Morgan fingerprint density at radius 1 is 1.37 bits per heavy atom. The van der Waals surface area contributed by atoms with E-state index in [9.17, 15) is 0 Å². The number of hydrogen-bond donors (Lipinski definition) is 1. The second-order valence-electron chi connectivity index (χ2n) is 6.06. The summed E-state index contributed by atoms with van der Waals surface area (Å²) in [4.78, 5) is 0. The van der Waals surface area contributed by atoms with Crippen LogP contribution in [0.2, 0.25) is 0 Å². The first-order chi connectivity index (χ1) is 9.31. The van der Waals surface area contributed by atoms with Crippen LogP contribution >= 0.6 is 0 Å². The lowest BCUT2D eigenvalue weighted by Crippen LogP contribution is -2.29. The van der Waals surface area contributed by atoms with E-state index in [0.717, 1.165) is 25.5 Å². The van der Waals surface area contributed by atoms with Gasteiger partial charge in [-0.15, -0.1) is 0 Å². The zero-order chi connectivity index (χ0) is 13.2. The number of benzene rings is 1. The second-order valence-corrected chi connectivity index (χ2v) is 6.06. The summed E-state index contributed by atoms with van der Waals surface area (Å²) in [5.74, 6) is 2.79. The summed E-state index contributed by atoms with van der Waals surface area (Å²) in [6, 6.07) is 7.13. The van der Waals surface area contributed by atoms with Crippen LogP contribution in [0.1, 0.15) is 50.3 Å². The van der Waals surface area contributed by atoms with Gasteiger partial charge in [0.15, 0.2) is 0 Å². The minimum atomic E-state index is 0.459. The number of rotatable bonds is 6. The fraction of sp³-hybridized carbons (Fsp3) is 0.647. The summed E-state index contributed by atoms with van der Waals surface area (Å²) in [6.45, 7) is 6.58. The molecule has 3 rings (SSSR count). The standard InChI is InChI=1S/C17H25NO/c1-3-10-18-16(12(2)13-7-8-13)15-6-4-5-14-9-11-19-17(14)15/h4-6,12-13,16,18H,3,7-11H2,1-2H3. The highest BCUT2D eigenvalue weighted by atomic mass is 16.5. The van der Waals surface area contributed by atoms with Crippen molar-refractivity contribution >= 4 is 0 Å². The molecular weight excluding hydrogens is 234 g/mol. The lowest BCUT2D eigenvalue weighted by Gasteiger charge is -2.27. The molecule has 0 saturated heterocycles. The first kappa shape index (κ1) is 13.0. The molecule has 0 amide bonds. The molecule has 0 radical (unpaired) electrons. The molecule has 0 aromatic heterocycles. The van der Waals surface area contributed by atoms with Crippen LogP contribution in [0.3, 0.4) is 0 Å². The highest BCUT2D eigenvalue weighted by Crippen LogP contribution is 2.45. The third kappa shape index (κ3) is 2.64. The van der Waals surface area contributed by atoms with E-state index < -0.39 is 0 Å². The van der Waals surface area contributed by atoms with Gasteiger partial charge < -0.3 is 10.1 Å². The van der Waals surface area contributed by atoms with Gasteiger partial charge in [0.05, 0.1) is 6.61 Å². The van der Waals surface area contributed by atoms with Crippen LogP contribution in [0, 0.1) is 11.8 Å². The van der Waals surface area contributed by atoms with E-state index in [1.807, 2.05) is 0 Å². The zero-order valence-electron chi connectivity index (χ0n) is 12.1. The average molecular weight is 259 g/mol. The zero-order valence-corrected chi connectivity index (χ0v) is 12.1. The van der Waals surface area contributed by atoms with Crippen LogP contribution in [0.5, 0.6) is 5.75 Å². The third-order valence-electron chi connectivity index (χ3n) is 4.59. The molecule has 19 heavy (non-hydrogen) atoms. The molecule has 2 atom stereocenters. The highest BCUT2D eigenvalue weighted by Gasteiger charge is 2.35. The lowest BCUT2D eigenvalue weighted by molar-refractivity contribution is 0.318. The molecule has 2 unspecified atom stereocenters. The second kappa shape index (κ2) is 5.54. The van der Waals surface area contributed by atoms with Crippen molar-refractivity contribution in [2.24, 2.45) is 11.8 Å². The maximum atomic E-state index is 5.90. The number of nitrogens with one attached hydrogen (secondary N) is 1. The van der Waals surface area contributed by atoms with Crippen molar-refractivity contribution < 1.29 is 4.74 Å². The van der Waals surface area contributed by atoms with E-state index in [1.54, 1.807) is 0 Å². The Labute approximate surface area is 116 Å². The summed E-state index contributed by atoms with van der Waals surface area (Å²) in [5, 5.41) is 3.76. The predicted molar refractivity (Wildman–Crippen MR) is 78.6 cm³/mol. The largest absolute Gasteiger partial charge is 0.493 e. The number of ether oxygens (including phenoxy) is 1. The van der Waals surface area contributed by atoms with Gasteiger partial charge in [0.1, 0.15) is 5.75 Å². The number of para-hydroxylation sites is 1. The van der Waals surface area contributed by atoms with Crippen molar-refractivity contribution in [2.45, 2.75) is 45.6 Å². The first-order valence-corrected chi connectivity index (χ1v) is 7.79. The number of fused-ring (bicyclic) bond motifs is 1. The summed E-state index contributed by atoms with van der Waals surface area (Å²) in [6.07, 6.45) is 5.06. The minimum Gasteiger partial charge on any atom is -0.493 e. The monoisotopic (exact) mass is 259 g/mol. The van der Waals surface area contributed by atoms with Crippen LogP contribution in [0.15, 0.2) is 18.2 Å². The molecular formula is C17H25NO. The Bertz CT molecular complexity index is 439. The molecule has 0 bridgehead atoms. The van der Waals surface area contributed by atoms with E-state index in [0.29, 0.717) is 12.0 Å². The summed E-state index contributed by atoms with van der Waals surface area (Å²) in [5.41, 5.74) is 2.78. The van der Waals surface area contributed by atoms with Gasteiger partial charge in [-0.1, -0.05) is 32.0 Å². The predicted octanol–water partition coefficient (Wildman–Crippen LogP) is 3.71. The molecule has 1 fully saturated rings. The highest BCUT2D eigenvalue weighted by molar-refractivity contribution is 5.46. The van der Waals surface area contributed by atoms with Gasteiger partial charge in [-0.05, 0) is 43.2 Å². The molecule has 1 saturated carbocycles. The Hall–Kier alpha value is -1.02. The fourth-order valence-corrected chi connectivity index (χ4v) is 3.26. The molecule has 1 aliphatic carbocycles.